The van der Waals surface area contributed by atoms with Crippen molar-refractivity contribution in [2.45, 2.75) is 0 Å². The molecule has 4 heteroatoms. The lowest BCUT2D eigenvalue weighted by molar-refractivity contribution is 1.03. The fourth-order valence-corrected chi connectivity index (χ4v) is 1.23. The highest BCUT2D eigenvalue weighted by molar-refractivity contribution is 7.78. The number of benzene rings is 1. The maximum absolute atomic E-state index is 4.10. The molecule has 0 radical (unpaired) electrons. The fraction of sp³-hybridized carbons (Fsp3) is 0. The minimum atomic E-state index is 0.763. The predicted molar refractivity (Wildman–Crippen MR) is 49.8 cm³/mol. The van der Waals surface area contributed by atoms with Crippen LogP contribution in [0.5, 0.6) is 0 Å². The standard InChI is InChI=1S/C8H7N3S/c12-11-8(9-6-10-11)7-4-2-1-3-5-7/h1-6,12H. The molecule has 0 bridgehead atoms. The highest BCUT2D eigenvalue weighted by atomic mass is 32.1. The Kier molecular flexibility index (Phi) is 1.83. The molecular formula is C8H7N3S. The normalized spacial score (nSPS) is 10.1. The summed E-state index contributed by atoms with van der Waals surface area (Å²) in [5.41, 5.74) is 1.02. The molecule has 1 aromatic carbocycles. The second-order valence-electron chi connectivity index (χ2n) is 2.34. The van der Waals surface area contributed by atoms with Gasteiger partial charge in [-0.2, -0.15) is 4.09 Å². The topological polar surface area (TPSA) is 30.7 Å². The molecule has 1 aromatic heterocycles. The summed E-state index contributed by atoms with van der Waals surface area (Å²) in [5, 5.41) is 3.86. The van der Waals surface area contributed by atoms with Crippen molar-refractivity contribution in [2.24, 2.45) is 0 Å². The molecule has 0 aliphatic rings. The minimum absolute atomic E-state index is 0.763. The zero-order valence-corrected chi connectivity index (χ0v) is 7.15. The van der Waals surface area contributed by atoms with Crippen LogP contribution in [0.15, 0.2) is 36.7 Å². The average molecular weight is 177 g/mol. The van der Waals surface area contributed by atoms with Crippen molar-refractivity contribution in [3.8, 4) is 11.4 Å². The average Bonchev–Trinajstić information content (AvgIpc) is 2.53. The highest BCUT2D eigenvalue weighted by Crippen LogP contribution is 2.15. The second kappa shape index (κ2) is 2.98. The Morgan fingerprint density at radius 2 is 1.92 bits per heavy atom. The van der Waals surface area contributed by atoms with E-state index in [-0.39, 0.29) is 0 Å². The molecule has 2 rings (SSSR count). The number of aromatic nitrogens is 3. The van der Waals surface area contributed by atoms with Crippen molar-refractivity contribution in [3.63, 3.8) is 0 Å². The number of rotatable bonds is 1. The van der Waals surface area contributed by atoms with Crippen LogP contribution in [0.2, 0.25) is 0 Å². The van der Waals surface area contributed by atoms with Gasteiger partial charge in [-0.05, 0) is 12.8 Å². The Balaban J connectivity index is 2.51. The number of hydrogen-bond donors (Lipinski definition) is 1. The van der Waals surface area contributed by atoms with Crippen LogP contribution in [-0.2, 0) is 0 Å². The lowest BCUT2D eigenvalue weighted by atomic mass is 10.2. The van der Waals surface area contributed by atoms with Crippen molar-refractivity contribution < 1.29 is 0 Å². The lowest BCUT2D eigenvalue weighted by Crippen LogP contribution is -1.87. The van der Waals surface area contributed by atoms with Crippen LogP contribution in [0.25, 0.3) is 11.4 Å². The summed E-state index contributed by atoms with van der Waals surface area (Å²) in [7, 11) is 0. The van der Waals surface area contributed by atoms with E-state index >= 15 is 0 Å². The van der Waals surface area contributed by atoms with Gasteiger partial charge in [0, 0.05) is 5.56 Å². The Labute approximate surface area is 75.6 Å². The van der Waals surface area contributed by atoms with Crippen LogP contribution in [0.3, 0.4) is 0 Å². The molecule has 1 heterocycles. The third-order valence-corrected chi connectivity index (χ3v) is 1.86. The maximum atomic E-state index is 4.10. The van der Waals surface area contributed by atoms with Gasteiger partial charge in [0.1, 0.15) is 6.33 Å². The number of thiol groups is 1. The molecule has 0 spiro atoms. The predicted octanol–water partition coefficient (Wildman–Crippen LogP) is 1.64. The first-order chi connectivity index (χ1) is 5.88. The van der Waals surface area contributed by atoms with E-state index in [4.69, 9.17) is 0 Å². The molecule has 0 atom stereocenters. The molecule has 0 aliphatic carbocycles. The minimum Gasteiger partial charge on any atom is -0.214 e. The first-order valence-corrected chi connectivity index (χ1v) is 3.92. The zero-order chi connectivity index (χ0) is 8.39. The molecule has 0 unspecified atom stereocenters. The first kappa shape index (κ1) is 7.36. The smallest absolute Gasteiger partial charge is 0.169 e. The SMILES string of the molecule is Sn1ncnc1-c1ccccc1. The van der Waals surface area contributed by atoms with Crippen LogP contribution in [-0.4, -0.2) is 14.2 Å². The number of hydrogen-bond acceptors (Lipinski definition) is 3. The van der Waals surface area contributed by atoms with Gasteiger partial charge >= 0.3 is 0 Å². The van der Waals surface area contributed by atoms with Gasteiger partial charge in [0.15, 0.2) is 5.82 Å². The van der Waals surface area contributed by atoms with Crippen LogP contribution in [0.1, 0.15) is 0 Å². The van der Waals surface area contributed by atoms with E-state index in [1.165, 1.54) is 10.4 Å². The van der Waals surface area contributed by atoms with E-state index in [1.807, 2.05) is 30.3 Å². The Morgan fingerprint density at radius 3 is 2.50 bits per heavy atom. The van der Waals surface area contributed by atoms with Crippen LogP contribution in [0, 0.1) is 0 Å². The van der Waals surface area contributed by atoms with Crippen LogP contribution in [0.4, 0.5) is 0 Å². The largest absolute Gasteiger partial charge is 0.214 e. The summed E-state index contributed by atoms with van der Waals surface area (Å²) in [5.74, 6) is 0.763. The van der Waals surface area contributed by atoms with Crippen molar-refractivity contribution in [1.82, 2.24) is 14.2 Å². The molecule has 2 aromatic rings. The molecule has 0 fully saturated rings. The van der Waals surface area contributed by atoms with Gasteiger partial charge in [0.2, 0.25) is 0 Å². The van der Waals surface area contributed by atoms with E-state index in [1.54, 1.807) is 0 Å². The van der Waals surface area contributed by atoms with E-state index in [2.05, 4.69) is 22.9 Å². The van der Waals surface area contributed by atoms with Crippen molar-refractivity contribution >= 4 is 12.8 Å². The summed E-state index contributed by atoms with van der Waals surface area (Å²) in [6.45, 7) is 0. The summed E-state index contributed by atoms with van der Waals surface area (Å²) in [6.07, 6.45) is 1.48. The van der Waals surface area contributed by atoms with Gasteiger partial charge in [-0.1, -0.05) is 30.3 Å². The van der Waals surface area contributed by atoms with Gasteiger partial charge in [-0.3, -0.25) is 0 Å². The monoisotopic (exact) mass is 177 g/mol. The van der Waals surface area contributed by atoms with E-state index in [9.17, 15) is 0 Å². The molecule has 12 heavy (non-hydrogen) atoms. The zero-order valence-electron chi connectivity index (χ0n) is 6.25. The maximum Gasteiger partial charge on any atom is 0.169 e. The molecule has 0 saturated heterocycles. The highest BCUT2D eigenvalue weighted by Gasteiger charge is 2.01. The third kappa shape index (κ3) is 1.21. The van der Waals surface area contributed by atoms with Crippen LogP contribution >= 0.6 is 12.8 Å². The second-order valence-corrected chi connectivity index (χ2v) is 2.72. The summed E-state index contributed by atoms with van der Waals surface area (Å²) >= 11 is 4.10. The molecule has 0 saturated carbocycles. The number of nitrogens with zero attached hydrogens (tertiary/aromatic N) is 3. The van der Waals surface area contributed by atoms with Gasteiger partial charge in [0.05, 0.1) is 0 Å². The molecular weight excluding hydrogens is 170 g/mol. The van der Waals surface area contributed by atoms with Crippen molar-refractivity contribution in [3.05, 3.63) is 36.7 Å². The summed E-state index contributed by atoms with van der Waals surface area (Å²) in [6, 6.07) is 9.81. The fourth-order valence-electron chi connectivity index (χ4n) is 1.01. The van der Waals surface area contributed by atoms with E-state index in [0.717, 1.165) is 11.4 Å². The summed E-state index contributed by atoms with van der Waals surface area (Å²) in [4.78, 5) is 4.06. The van der Waals surface area contributed by atoms with Gasteiger partial charge in [-0.15, -0.1) is 5.10 Å². The lowest BCUT2D eigenvalue weighted by Gasteiger charge is -1.96. The van der Waals surface area contributed by atoms with Crippen LogP contribution < -0.4 is 0 Å². The van der Waals surface area contributed by atoms with Crippen molar-refractivity contribution in [1.29, 1.82) is 0 Å². The molecule has 60 valence electrons. The quantitative estimate of drug-likeness (QED) is 0.671. The molecule has 0 aliphatic heterocycles. The van der Waals surface area contributed by atoms with Gasteiger partial charge in [-0.25, -0.2) is 4.98 Å². The van der Waals surface area contributed by atoms with Crippen molar-refractivity contribution in [2.75, 3.05) is 0 Å². The molecule has 3 nitrogen and oxygen atoms in total. The Morgan fingerprint density at radius 1 is 1.17 bits per heavy atom. The first-order valence-electron chi connectivity index (χ1n) is 3.52. The van der Waals surface area contributed by atoms with Gasteiger partial charge in [0.25, 0.3) is 0 Å². The van der Waals surface area contributed by atoms with Gasteiger partial charge < -0.3 is 0 Å². The Hall–Kier alpha value is -1.29. The summed E-state index contributed by atoms with van der Waals surface area (Å²) < 4.78 is 1.45. The Bertz CT molecular complexity index is 369. The van der Waals surface area contributed by atoms with E-state index < -0.39 is 0 Å². The molecule has 0 N–H and O–H groups in total. The third-order valence-electron chi connectivity index (χ3n) is 1.56. The van der Waals surface area contributed by atoms with E-state index in [0.29, 0.717) is 0 Å². The molecule has 0 amide bonds.